The Labute approximate surface area is 157 Å². The van der Waals surface area contributed by atoms with Gasteiger partial charge in [-0.15, -0.1) is 0 Å². The summed E-state index contributed by atoms with van der Waals surface area (Å²) >= 11 is 0. The Morgan fingerprint density at radius 1 is 1.04 bits per heavy atom. The predicted molar refractivity (Wildman–Crippen MR) is 104 cm³/mol. The Hall–Kier alpha value is -1.43. The van der Waals surface area contributed by atoms with Crippen LogP contribution in [0.15, 0.2) is 30.3 Å². The average Bonchev–Trinajstić information content (AvgIpc) is 2.64. The van der Waals surface area contributed by atoms with E-state index in [1.54, 1.807) is 0 Å². The number of aliphatic hydroxyl groups excluding tert-OH is 1. The number of piperazine rings is 1. The third-order valence-corrected chi connectivity index (χ3v) is 5.68. The first-order chi connectivity index (χ1) is 12.6. The van der Waals surface area contributed by atoms with E-state index in [1.165, 1.54) is 5.56 Å². The molecule has 0 radical (unpaired) electrons. The summed E-state index contributed by atoms with van der Waals surface area (Å²) in [6.45, 7) is 8.64. The van der Waals surface area contributed by atoms with Gasteiger partial charge in [-0.3, -0.25) is 14.6 Å². The molecule has 1 aromatic rings. The fourth-order valence-corrected chi connectivity index (χ4v) is 4.13. The van der Waals surface area contributed by atoms with Gasteiger partial charge in [-0.25, -0.2) is 0 Å². The van der Waals surface area contributed by atoms with Gasteiger partial charge in [0.25, 0.3) is 0 Å². The molecule has 0 spiro atoms. The van der Waals surface area contributed by atoms with E-state index in [4.69, 9.17) is 0 Å². The average molecular weight is 360 g/mol. The standard InChI is InChI=1S/C21H33N3O2/c1-18(25)16-22-11-13-23(14-12-22)17-21(26)24-9-7-20(8-10-24)15-19-5-3-2-4-6-19/h2-6,18,20,25H,7-17H2,1H3. The number of likely N-dealkylation sites (tertiary alicyclic amines) is 1. The van der Waals surface area contributed by atoms with Crippen molar-refractivity contribution in [3.05, 3.63) is 35.9 Å². The first-order valence-corrected chi connectivity index (χ1v) is 10.0. The van der Waals surface area contributed by atoms with Crippen LogP contribution in [-0.2, 0) is 11.2 Å². The van der Waals surface area contributed by atoms with Crippen molar-refractivity contribution < 1.29 is 9.90 Å². The summed E-state index contributed by atoms with van der Waals surface area (Å²) in [6.07, 6.45) is 3.08. The third-order valence-electron chi connectivity index (χ3n) is 5.68. The normalized spacial score (nSPS) is 21.7. The molecule has 2 aliphatic heterocycles. The highest BCUT2D eigenvalue weighted by Crippen LogP contribution is 2.22. The molecule has 26 heavy (non-hydrogen) atoms. The van der Waals surface area contributed by atoms with E-state index in [0.717, 1.165) is 65.1 Å². The van der Waals surface area contributed by atoms with Gasteiger partial charge in [0.15, 0.2) is 0 Å². The molecular weight excluding hydrogens is 326 g/mol. The van der Waals surface area contributed by atoms with Crippen molar-refractivity contribution in [1.29, 1.82) is 0 Å². The van der Waals surface area contributed by atoms with Gasteiger partial charge >= 0.3 is 0 Å². The van der Waals surface area contributed by atoms with Crippen molar-refractivity contribution in [2.24, 2.45) is 5.92 Å². The van der Waals surface area contributed by atoms with Crippen LogP contribution in [0.1, 0.15) is 25.3 Å². The van der Waals surface area contributed by atoms with Crippen LogP contribution in [0.2, 0.25) is 0 Å². The maximum Gasteiger partial charge on any atom is 0.236 e. The second-order valence-corrected chi connectivity index (χ2v) is 7.94. The van der Waals surface area contributed by atoms with E-state index in [9.17, 15) is 9.90 Å². The maximum atomic E-state index is 12.6. The molecule has 2 heterocycles. The van der Waals surface area contributed by atoms with E-state index < -0.39 is 0 Å². The second-order valence-electron chi connectivity index (χ2n) is 7.94. The number of aliphatic hydroxyl groups is 1. The summed E-state index contributed by atoms with van der Waals surface area (Å²) in [5.41, 5.74) is 1.41. The molecule has 2 saturated heterocycles. The summed E-state index contributed by atoms with van der Waals surface area (Å²) < 4.78 is 0. The Balaban J connectivity index is 1.36. The minimum atomic E-state index is -0.277. The lowest BCUT2D eigenvalue weighted by molar-refractivity contribution is -0.134. The molecule has 5 nitrogen and oxygen atoms in total. The Bertz CT molecular complexity index is 548. The Morgan fingerprint density at radius 2 is 1.65 bits per heavy atom. The fourth-order valence-electron chi connectivity index (χ4n) is 4.13. The van der Waals surface area contributed by atoms with Crippen LogP contribution in [0.5, 0.6) is 0 Å². The van der Waals surface area contributed by atoms with Crippen LogP contribution in [0.25, 0.3) is 0 Å². The molecule has 1 atom stereocenters. The first kappa shape index (κ1) is 19.3. The molecule has 1 N–H and O–H groups in total. The number of hydrogen-bond donors (Lipinski definition) is 1. The highest BCUT2D eigenvalue weighted by molar-refractivity contribution is 5.78. The molecule has 0 aromatic heterocycles. The largest absolute Gasteiger partial charge is 0.392 e. The number of carbonyl (C=O) groups excluding carboxylic acids is 1. The summed E-state index contributed by atoms with van der Waals surface area (Å²) in [7, 11) is 0. The van der Waals surface area contributed by atoms with Crippen LogP contribution < -0.4 is 0 Å². The topological polar surface area (TPSA) is 47.0 Å². The molecule has 2 fully saturated rings. The molecule has 5 heteroatoms. The van der Waals surface area contributed by atoms with Crippen molar-refractivity contribution in [2.75, 3.05) is 52.4 Å². The Kier molecular flexibility index (Phi) is 7.06. The molecule has 144 valence electrons. The van der Waals surface area contributed by atoms with Gasteiger partial charge in [0.05, 0.1) is 12.6 Å². The van der Waals surface area contributed by atoms with E-state index >= 15 is 0 Å². The van der Waals surface area contributed by atoms with Crippen molar-refractivity contribution in [2.45, 2.75) is 32.3 Å². The number of β-amino-alcohol motifs (C(OH)–C–C–N with tert-alkyl or cyclic N) is 1. The number of nitrogens with zero attached hydrogens (tertiary/aromatic N) is 3. The molecule has 2 aliphatic rings. The number of benzene rings is 1. The predicted octanol–water partition coefficient (Wildman–Crippen LogP) is 1.47. The lowest BCUT2D eigenvalue weighted by Crippen LogP contribution is -2.52. The highest BCUT2D eigenvalue weighted by Gasteiger charge is 2.25. The van der Waals surface area contributed by atoms with Gasteiger partial charge in [0.2, 0.25) is 5.91 Å². The molecule has 3 rings (SSSR count). The zero-order valence-electron chi connectivity index (χ0n) is 16.0. The fraction of sp³-hybridized carbons (Fsp3) is 0.667. The van der Waals surface area contributed by atoms with Gasteiger partial charge in [0.1, 0.15) is 0 Å². The minimum absolute atomic E-state index is 0.277. The number of hydrogen-bond acceptors (Lipinski definition) is 4. The number of piperidine rings is 1. The lowest BCUT2D eigenvalue weighted by Gasteiger charge is -2.37. The smallest absolute Gasteiger partial charge is 0.236 e. The van der Waals surface area contributed by atoms with Gasteiger partial charge < -0.3 is 10.0 Å². The van der Waals surface area contributed by atoms with Crippen LogP contribution in [-0.4, -0.2) is 84.2 Å². The molecule has 1 amide bonds. The van der Waals surface area contributed by atoms with Crippen LogP contribution in [0.4, 0.5) is 0 Å². The number of carbonyl (C=O) groups is 1. The molecule has 0 bridgehead atoms. The molecule has 0 saturated carbocycles. The van der Waals surface area contributed by atoms with Crippen molar-refractivity contribution >= 4 is 5.91 Å². The molecule has 0 aliphatic carbocycles. The van der Waals surface area contributed by atoms with Crippen LogP contribution >= 0.6 is 0 Å². The van der Waals surface area contributed by atoms with Crippen molar-refractivity contribution in [3.8, 4) is 0 Å². The molecule has 1 aromatic carbocycles. The Morgan fingerprint density at radius 3 is 2.27 bits per heavy atom. The van der Waals surface area contributed by atoms with Gasteiger partial charge in [-0.05, 0) is 37.7 Å². The van der Waals surface area contributed by atoms with E-state index in [2.05, 4.69) is 45.0 Å². The van der Waals surface area contributed by atoms with Gasteiger partial charge in [-0.1, -0.05) is 30.3 Å². The summed E-state index contributed by atoms with van der Waals surface area (Å²) in [5.74, 6) is 0.984. The van der Waals surface area contributed by atoms with E-state index in [0.29, 0.717) is 12.5 Å². The monoisotopic (exact) mass is 359 g/mol. The maximum absolute atomic E-state index is 12.6. The van der Waals surface area contributed by atoms with Crippen molar-refractivity contribution in [1.82, 2.24) is 14.7 Å². The zero-order valence-corrected chi connectivity index (χ0v) is 16.0. The summed E-state index contributed by atoms with van der Waals surface area (Å²) in [4.78, 5) is 19.2. The van der Waals surface area contributed by atoms with Crippen LogP contribution in [0.3, 0.4) is 0 Å². The van der Waals surface area contributed by atoms with E-state index in [-0.39, 0.29) is 12.0 Å². The van der Waals surface area contributed by atoms with E-state index in [1.807, 2.05) is 6.92 Å². The molecule has 1 unspecified atom stereocenters. The number of rotatable bonds is 6. The molecular formula is C21H33N3O2. The minimum Gasteiger partial charge on any atom is -0.392 e. The first-order valence-electron chi connectivity index (χ1n) is 10.0. The SMILES string of the molecule is CC(O)CN1CCN(CC(=O)N2CCC(Cc3ccccc3)CC2)CC1. The second kappa shape index (κ2) is 9.49. The highest BCUT2D eigenvalue weighted by atomic mass is 16.3. The third kappa shape index (κ3) is 5.79. The summed E-state index contributed by atoms with van der Waals surface area (Å²) in [5, 5.41) is 9.48. The quantitative estimate of drug-likeness (QED) is 0.836. The van der Waals surface area contributed by atoms with Gasteiger partial charge in [-0.2, -0.15) is 0 Å². The number of amides is 1. The van der Waals surface area contributed by atoms with Crippen LogP contribution in [0, 0.1) is 5.92 Å². The zero-order chi connectivity index (χ0) is 18.4. The summed E-state index contributed by atoms with van der Waals surface area (Å²) in [6, 6.07) is 10.7. The van der Waals surface area contributed by atoms with Crippen molar-refractivity contribution in [3.63, 3.8) is 0 Å². The lowest BCUT2D eigenvalue weighted by atomic mass is 9.90. The van der Waals surface area contributed by atoms with Gasteiger partial charge in [0, 0.05) is 45.8 Å².